The van der Waals surface area contributed by atoms with Crippen LogP contribution >= 0.6 is 11.8 Å². The van der Waals surface area contributed by atoms with E-state index in [1.807, 2.05) is 24.5 Å². The number of thioether (sulfide) groups is 1. The van der Waals surface area contributed by atoms with Crippen molar-refractivity contribution in [2.75, 3.05) is 18.6 Å². The second kappa shape index (κ2) is 16.8. The zero-order chi connectivity index (χ0) is 31.2. The molecule has 2 aromatic rings. The first-order chi connectivity index (χ1) is 19.9. The van der Waals surface area contributed by atoms with Gasteiger partial charge in [0.25, 0.3) is 0 Å². The molecule has 0 aliphatic rings. The Morgan fingerprint density at radius 3 is 2.24 bits per heavy atom. The van der Waals surface area contributed by atoms with Crippen LogP contribution in [-0.2, 0) is 30.4 Å². The van der Waals surface area contributed by atoms with Crippen LogP contribution < -0.4 is 38.9 Å². The van der Waals surface area contributed by atoms with E-state index < -0.39 is 60.2 Å². The van der Waals surface area contributed by atoms with Crippen LogP contribution in [0, 0.1) is 0 Å². The molecule has 1 aromatic carbocycles. The molecular formula is C26H39N9O6S. The minimum Gasteiger partial charge on any atom is -0.480 e. The number of nitrogens with two attached hydrogens (primary N) is 4. The summed E-state index contributed by atoms with van der Waals surface area (Å²) >= 11 is 1.51. The van der Waals surface area contributed by atoms with Crippen LogP contribution in [0.3, 0.4) is 0 Å². The predicted octanol–water partition coefficient (Wildman–Crippen LogP) is -1.74. The van der Waals surface area contributed by atoms with Gasteiger partial charge in [0.1, 0.15) is 18.1 Å². The number of rotatable bonds is 18. The summed E-state index contributed by atoms with van der Waals surface area (Å²) in [6, 6.07) is 2.34. The van der Waals surface area contributed by atoms with E-state index in [1.165, 1.54) is 11.8 Å². The molecule has 4 unspecified atom stereocenters. The third-order valence-corrected chi connectivity index (χ3v) is 6.94. The van der Waals surface area contributed by atoms with Crippen molar-refractivity contribution in [2.45, 2.75) is 56.3 Å². The van der Waals surface area contributed by atoms with E-state index in [-0.39, 0.29) is 31.8 Å². The van der Waals surface area contributed by atoms with Gasteiger partial charge in [0.05, 0.1) is 12.5 Å². The number of hydrogen-bond donors (Lipinski definition) is 9. The molecule has 0 aliphatic heterocycles. The number of amides is 4. The third kappa shape index (κ3) is 10.9. The number of primary amides is 1. The molecule has 15 nitrogen and oxygen atoms in total. The largest absolute Gasteiger partial charge is 0.480 e. The highest BCUT2D eigenvalue weighted by Gasteiger charge is 2.31. The Balaban J connectivity index is 2.19. The lowest BCUT2D eigenvalue weighted by molar-refractivity contribution is -0.142. The van der Waals surface area contributed by atoms with Crippen LogP contribution in [0.5, 0.6) is 0 Å². The van der Waals surface area contributed by atoms with E-state index in [0.29, 0.717) is 17.7 Å². The molecule has 13 N–H and O–H groups in total. The third-order valence-electron chi connectivity index (χ3n) is 6.30. The van der Waals surface area contributed by atoms with E-state index in [4.69, 9.17) is 22.9 Å². The Bertz CT molecular complexity index is 1280. The highest BCUT2D eigenvalue weighted by molar-refractivity contribution is 7.98. The molecule has 0 aliphatic carbocycles. The second-order valence-corrected chi connectivity index (χ2v) is 10.6. The molecule has 230 valence electrons. The van der Waals surface area contributed by atoms with Gasteiger partial charge < -0.3 is 49.0 Å². The van der Waals surface area contributed by atoms with Gasteiger partial charge in [-0.3, -0.25) is 24.2 Å². The second-order valence-electron chi connectivity index (χ2n) is 9.59. The number of aromatic amines is 1. The predicted molar refractivity (Wildman–Crippen MR) is 160 cm³/mol. The van der Waals surface area contributed by atoms with Crippen molar-refractivity contribution in [2.24, 2.45) is 27.9 Å². The van der Waals surface area contributed by atoms with Crippen LogP contribution in [0.4, 0.5) is 0 Å². The first kappa shape index (κ1) is 33.9. The van der Waals surface area contributed by atoms with E-state index >= 15 is 0 Å². The van der Waals surface area contributed by atoms with Gasteiger partial charge in [0.15, 0.2) is 5.96 Å². The summed E-state index contributed by atoms with van der Waals surface area (Å²) in [5.41, 5.74) is 23.4. The topological polar surface area (TPSA) is 274 Å². The number of H-pyrrole nitrogens is 1. The molecule has 0 bridgehead atoms. The monoisotopic (exact) mass is 605 g/mol. The molecule has 0 radical (unpaired) electrons. The average Bonchev–Trinajstić information content (AvgIpc) is 3.34. The van der Waals surface area contributed by atoms with Crippen LogP contribution in [0.2, 0.25) is 0 Å². The van der Waals surface area contributed by atoms with Gasteiger partial charge in [0.2, 0.25) is 23.6 Å². The number of carbonyl (C=O) groups is 5. The van der Waals surface area contributed by atoms with Crippen LogP contribution in [0.15, 0.2) is 35.5 Å². The molecule has 0 saturated heterocycles. The zero-order valence-electron chi connectivity index (χ0n) is 23.3. The number of para-hydroxylation sites is 1. The molecule has 2 rings (SSSR count). The smallest absolute Gasteiger partial charge is 0.326 e. The molecule has 1 aromatic heterocycles. The molecular weight excluding hydrogens is 566 g/mol. The van der Waals surface area contributed by atoms with Crippen molar-refractivity contribution in [1.29, 1.82) is 0 Å². The van der Waals surface area contributed by atoms with Gasteiger partial charge in [-0.25, -0.2) is 4.79 Å². The average molecular weight is 606 g/mol. The Hall–Kier alpha value is -4.31. The van der Waals surface area contributed by atoms with Gasteiger partial charge in [-0.05, 0) is 42.9 Å². The molecule has 4 atom stereocenters. The van der Waals surface area contributed by atoms with E-state index in [0.717, 1.165) is 10.9 Å². The van der Waals surface area contributed by atoms with Crippen molar-refractivity contribution in [3.63, 3.8) is 0 Å². The van der Waals surface area contributed by atoms with Crippen LogP contribution in [0.1, 0.15) is 31.2 Å². The lowest BCUT2D eigenvalue weighted by Gasteiger charge is -2.24. The Labute approximate surface area is 247 Å². The van der Waals surface area contributed by atoms with Crippen molar-refractivity contribution in [3.8, 4) is 0 Å². The van der Waals surface area contributed by atoms with Crippen molar-refractivity contribution in [3.05, 3.63) is 36.0 Å². The number of fused-ring (bicyclic) bond motifs is 1. The molecule has 0 fully saturated rings. The number of nitrogens with one attached hydrogen (secondary N) is 4. The summed E-state index contributed by atoms with van der Waals surface area (Å²) in [6.07, 6.45) is 3.56. The number of hydrogen-bond acceptors (Lipinski definition) is 8. The summed E-state index contributed by atoms with van der Waals surface area (Å²) < 4.78 is 0. The number of carboxylic acid groups (broad SMARTS) is 1. The molecule has 0 spiro atoms. The summed E-state index contributed by atoms with van der Waals surface area (Å²) in [7, 11) is 0. The maximum atomic E-state index is 13.3. The standard InChI is InChI=1S/C26H39N9O6S/c1-42-10-8-16(27)22(37)33-18(7-4-9-31-26(29)30)23(38)34-19(12-21(28)36)24(39)35-20(25(40)41)11-14-13-32-17-6-3-2-5-15(14)17/h2-3,5-6,13,16,18-20,32H,4,7-12,27H2,1H3,(H2,28,36)(H,33,37)(H,34,38)(H,35,39)(H,40,41)(H4,29,30,31). The van der Waals surface area contributed by atoms with Gasteiger partial charge in [-0.15, -0.1) is 0 Å². The summed E-state index contributed by atoms with van der Waals surface area (Å²) in [6.45, 7) is 0.167. The molecule has 42 heavy (non-hydrogen) atoms. The number of benzene rings is 1. The minimum atomic E-state index is -1.51. The summed E-state index contributed by atoms with van der Waals surface area (Å²) in [5.74, 6) is -4.05. The molecule has 16 heteroatoms. The molecule has 4 amide bonds. The number of aliphatic imine (C=N–C) groups is 1. The van der Waals surface area contributed by atoms with E-state index in [2.05, 4.69) is 25.9 Å². The van der Waals surface area contributed by atoms with Crippen LogP contribution in [0.25, 0.3) is 10.9 Å². The lowest BCUT2D eigenvalue weighted by Crippen LogP contribution is -2.58. The maximum Gasteiger partial charge on any atom is 0.326 e. The highest BCUT2D eigenvalue weighted by atomic mass is 32.2. The zero-order valence-corrected chi connectivity index (χ0v) is 24.1. The normalized spacial score (nSPS) is 13.8. The quantitative estimate of drug-likeness (QED) is 0.0525. The minimum absolute atomic E-state index is 0.0697. The van der Waals surface area contributed by atoms with Gasteiger partial charge >= 0.3 is 5.97 Å². The first-order valence-electron chi connectivity index (χ1n) is 13.2. The highest BCUT2D eigenvalue weighted by Crippen LogP contribution is 2.19. The van der Waals surface area contributed by atoms with Gasteiger partial charge in [0, 0.05) is 30.1 Å². The number of carbonyl (C=O) groups excluding carboxylic acids is 4. The number of carboxylic acids is 1. The van der Waals surface area contributed by atoms with Gasteiger partial charge in [-0.1, -0.05) is 18.2 Å². The van der Waals surface area contributed by atoms with E-state index in [1.54, 1.807) is 12.3 Å². The number of guanidine groups is 1. The van der Waals surface area contributed by atoms with Crippen molar-refractivity contribution in [1.82, 2.24) is 20.9 Å². The molecule has 1 heterocycles. The SMILES string of the molecule is CSCCC(N)C(=O)NC(CCCN=C(N)N)C(=O)NC(CC(N)=O)C(=O)NC(Cc1c[nH]c2ccccc12)C(=O)O. The van der Waals surface area contributed by atoms with Crippen LogP contribution in [-0.4, -0.2) is 88.4 Å². The number of aromatic nitrogens is 1. The Kier molecular flexibility index (Phi) is 13.6. The maximum absolute atomic E-state index is 13.3. The van der Waals surface area contributed by atoms with E-state index in [9.17, 15) is 29.1 Å². The summed E-state index contributed by atoms with van der Waals surface area (Å²) in [4.78, 5) is 69.8. The fraction of sp³-hybridized carbons (Fsp3) is 0.462. The summed E-state index contributed by atoms with van der Waals surface area (Å²) in [5, 5.41) is 18.0. The Morgan fingerprint density at radius 1 is 0.952 bits per heavy atom. The number of aliphatic carboxylic acids is 1. The fourth-order valence-corrected chi connectivity index (χ4v) is 4.59. The van der Waals surface area contributed by atoms with Gasteiger partial charge in [-0.2, -0.15) is 11.8 Å². The van der Waals surface area contributed by atoms with Crippen molar-refractivity contribution >= 4 is 58.2 Å². The fourth-order valence-electron chi connectivity index (χ4n) is 4.10. The number of nitrogens with zero attached hydrogens (tertiary/aromatic N) is 1. The molecule has 0 saturated carbocycles. The first-order valence-corrected chi connectivity index (χ1v) is 14.6. The Morgan fingerprint density at radius 2 is 1.60 bits per heavy atom. The van der Waals surface area contributed by atoms with Crippen molar-refractivity contribution < 1.29 is 29.1 Å². The lowest BCUT2D eigenvalue weighted by atomic mass is 10.0.